The SMILES string of the molecule is COC(=O)[C@H](c1cccc(C#N)c1)N(C)CC[C@@H]1CCCCN1C. The number of nitriles is 1. The summed E-state index contributed by atoms with van der Waals surface area (Å²) in [5, 5.41) is 9.10. The minimum absolute atomic E-state index is 0.287. The second-order valence-corrected chi connectivity index (χ2v) is 6.56. The van der Waals surface area contributed by atoms with Crippen LogP contribution < -0.4 is 0 Å². The highest BCUT2D eigenvalue weighted by Gasteiger charge is 2.27. The number of esters is 1. The third-order valence-corrected chi connectivity index (χ3v) is 4.93. The van der Waals surface area contributed by atoms with Gasteiger partial charge in [0, 0.05) is 12.6 Å². The van der Waals surface area contributed by atoms with Crippen LogP contribution in [0.15, 0.2) is 24.3 Å². The van der Waals surface area contributed by atoms with Crippen molar-refractivity contribution in [2.45, 2.75) is 37.8 Å². The van der Waals surface area contributed by atoms with Crippen LogP contribution in [0.3, 0.4) is 0 Å². The lowest BCUT2D eigenvalue weighted by atomic mass is 9.98. The van der Waals surface area contributed by atoms with Crippen molar-refractivity contribution in [3.63, 3.8) is 0 Å². The zero-order valence-electron chi connectivity index (χ0n) is 14.9. The summed E-state index contributed by atoms with van der Waals surface area (Å²) in [6.07, 6.45) is 4.80. The maximum atomic E-state index is 12.3. The van der Waals surface area contributed by atoms with E-state index in [1.165, 1.54) is 26.4 Å². The van der Waals surface area contributed by atoms with Crippen LogP contribution in [-0.4, -0.2) is 56.1 Å². The summed E-state index contributed by atoms with van der Waals surface area (Å²) in [5.74, 6) is -0.287. The fourth-order valence-corrected chi connectivity index (χ4v) is 3.45. The molecule has 1 aromatic carbocycles. The van der Waals surface area contributed by atoms with Crippen molar-refractivity contribution < 1.29 is 9.53 Å². The molecule has 0 bridgehead atoms. The third kappa shape index (κ3) is 4.56. The Morgan fingerprint density at radius 2 is 2.29 bits per heavy atom. The van der Waals surface area contributed by atoms with Gasteiger partial charge in [-0.1, -0.05) is 18.6 Å². The number of carbonyl (C=O) groups excluding carboxylic acids is 1. The molecule has 0 aromatic heterocycles. The second kappa shape index (κ2) is 8.81. The van der Waals surface area contributed by atoms with E-state index in [4.69, 9.17) is 10.00 Å². The molecule has 5 heteroatoms. The van der Waals surface area contributed by atoms with Crippen molar-refractivity contribution >= 4 is 5.97 Å². The van der Waals surface area contributed by atoms with E-state index in [1.807, 2.05) is 24.1 Å². The fourth-order valence-electron chi connectivity index (χ4n) is 3.45. The Hall–Kier alpha value is -1.90. The van der Waals surface area contributed by atoms with E-state index in [1.54, 1.807) is 12.1 Å². The molecule has 0 unspecified atom stereocenters. The molecule has 0 saturated carbocycles. The van der Waals surface area contributed by atoms with Gasteiger partial charge in [0.1, 0.15) is 6.04 Å². The van der Waals surface area contributed by atoms with Gasteiger partial charge in [0.05, 0.1) is 18.7 Å². The van der Waals surface area contributed by atoms with Gasteiger partial charge in [-0.05, 0) is 57.6 Å². The van der Waals surface area contributed by atoms with E-state index < -0.39 is 6.04 Å². The van der Waals surface area contributed by atoms with Gasteiger partial charge in [0.25, 0.3) is 0 Å². The summed E-state index contributed by atoms with van der Waals surface area (Å²) in [7, 11) is 5.54. The minimum atomic E-state index is -0.475. The van der Waals surface area contributed by atoms with E-state index in [0.717, 1.165) is 25.1 Å². The highest BCUT2D eigenvalue weighted by atomic mass is 16.5. The van der Waals surface area contributed by atoms with Gasteiger partial charge < -0.3 is 9.64 Å². The van der Waals surface area contributed by atoms with Gasteiger partial charge in [-0.25, -0.2) is 4.79 Å². The van der Waals surface area contributed by atoms with Crippen LogP contribution in [0.25, 0.3) is 0 Å². The van der Waals surface area contributed by atoms with Crippen LogP contribution in [0, 0.1) is 11.3 Å². The first-order chi connectivity index (χ1) is 11.6. The molecule has 0 radical (unpaired) electrons. The van der Waals surface area contributed by atoms with Crippen molar-refractivity contribution in [2.24, 2.45) is 0 Å². The Morgan fingerprint density at radius 1 is 1.50 bits per heavy atom. The standard InChI is InChI=1S/C19H27N3O2/c1-21-11-5-4-9-17(21)10-12-22(2)18(19(23)24-3)16-8-6-7-15(13-16)14-20/h6-8,13,17-18H,4-5,9-12H2,1-3H3/t17-,18-/m0/s1. The summed E-state index contributed by atoms with van der Waals surface area (Å²) >= 11 is 0. The first-order valence-corrected chi connectivity index (χ1v) is 8.55. The number of piperidine rings is 1. The molecule has 5 nitrogen and oxygen atoms in total. The van der Waals surface area contributed by atoms with Crippen molar-refractivity contribution in [2.75, 3.05) is 34.3 Å². The average Bonchev–Trinajstić information content (AvgIpc) is 2.61. The van der Waals surface area contributed by atoms with E-state index in [9.17, 15) is 4.79 Å². The summed E-state index contributed by atoms with van der Waals surface area (Å²) in [4.78, 5) is 16.8. The van der Waals surface area contributed by atoms with Gasteiger partial charge in [0.2, 0.25) is 0 Å². The molecule has 2 atom stereocenters. The van der Waals surface area contributed by atoms with Crippen LogP contribution in [0.4, 0.5) is 0 Å². The number of carbonyl (C=O) groups is 1. The molecule has 0 aliphatic carbocycles. The zero-order chi connectivity index (χ0) is 17.5. The Bertz CT molecular complexity index is 597. The fraction of sp³-hybridized carbons (Fsp3) is 0.579. The normalized spacial score (nSPS) is 19.7. The summed E-state index contributed by atoms with van der Waals surface area (Å²) in [6, 6.07) is 9.44. The molecule has 24 heavy (non-hydrogen) atoms. The summed E-state index contributed by atoms with van der Waals surface area (Å²) in [5.41, 5.74) is 1.36. The monoisotopic (exact) mass is 329 g/mol. The molecule has 1 saturated heterocycles. The smallest absolute Gasteiger partial charge is 0.327 e. The zero-order valence-corrected chi connectivity index (χ0v) is 14.9. The van der Waals surface area contributed by atoms with Crippen LogP contribution >= 0.6 is 0 Å². The quantitative estimate of drug-likeness (QED) is 0.751. The highest BCUT2D eigenvalue weighted by molar-refractivity contribution is 5.77. The van der Waals surface area contributed by atoms with Crippen molar-refractivity contribution in [1.29, 1.82) is 5.26 Å². The van der Waals surface area contributed by atoms with Gasteiger partial charge in [-0.3, -0.25) is 4.90 Å². The van der Waals surface area contributed by atoms with E-state index in [-0.39, 0.29) is 5.97 Å². The average molecular weight is 329 g/mol. The molecule has 0 N–H and O–H groups in total. The third-order valence-electron chi connectivity index (χ3n) is 4.93. The lowest BCUT2D eigenvalue weighted by Gasteiger charge is -2.34. The van der Waals surface area contributed by atoms with Gasteiger partial charge in [-0.15, -0.1) is 0 Å². The van der Waals surface area contributed by atoms with Crippen LogP contribution in [0.5, 0.6) is 0 Å². The van der Waals surface area contributed by atoms with E-state index in [0.29, 0.717) is 11.6 Å². The van der Waals surface area contributed by atoms with E-state index in [2.05, 4.69) is 18.0 Å². The predicted molar refractivity (Wildman–Crippen MR) is 93.4 cm³/mol. The lowest BCUT2D eigenvalue weighted by molar-refractivity contribution is -0.146. The molecule has 1 aliphatic rings. The Labute approximate surface area is 144 Å². The second-order valence-electron chi connectivity index (χ2n) is 6.56. The number of rotatable bonds is 6. The Balaban J connectivity index is 2.09. The van der Waals surface area contributed by atoms with Crippen LogP contribution in [0.2, 0.25) is 0 Å². The lowest BCUT2D eigenvalue weighted by Crippen LogP contribution is -2.40. The Morgan fingerprint density at radius 3 is 2.96 bits per heavy atom. The topological polar surface area (TPSA) is 56.6 Å². The van der Waals surface area contributed by atoms with Crippen molar-refractivity contribution in [3.05, 3.63) is 35.4 Å². The molecular weight excluding hydrogens is 302 g/mol. The molecular formula is C19H27N3O2. The Kier molecular flexibility index (Phi) is 6.77. The summed E-state index contributed by atoms with van der Waals surface area (Å²) in [6.45, 7) is 1.96. The first-order valence-electron chi connectivity index (χ1n) is 8.55. The largest absolute Gasteiger partial charge is 0.468 e. The van der Waals surface area contributed by atoms with Gasteiger partial charge in [0.15, 0.2) is 0 Å². The molecule has 1 aromatic rings. The maximum absolute atomic E-state index is 12.3. The number of benzene rings is 1. The predicted octanol–water partition coefficient (Wildman–Crippen LogP) is 2.58. The first kappa shape index (κ1) is 18.4. The molecule has 1 fully saturated rings. The van der Waals surface area contributed by atoms with Crippen molar-refractivity contribution in [3.8, 4) is 6.07 Å². The van der Waals surface area contributed by atoms with E-state index >= 15 is 0 Å². The molecule has 2 rings (SSSR count). The molecule has 130 valence electrons. The number of likely N-dealkylation sites (N-methyl/N-ethyl adjacent to an activating group) is 1. The van der Waals surface area contributed by atoms with Crippen LogP contribution in [-0.2, 0) is 9.53 Å². The van der Waals surface area contributed by atoms with Crippen molar-refractivity contribution in [1.82, 2.24) is 9.80 Å². The summed E-state index contributed by atoms with van der Waals surface area (Å²) < 4.78 is 5.00. The molecule has 0 spiro atoms. The maximum Gasteiger partial charge on any atom is 0.327 e. The number of hydrogen-bond donors (Lipinski definition) is 0. The van der Waals surface area contributed by atoms with Gasteiger partial charge >= 0.3 is 5.97 Å². The number of methoxy groups -OCH3 is 1. The number of hydrogen-bond acceptors (Lipinski definition) is 5. The number of ether oxygens (including phenoxy) is 1. The number of likely N-dealkylation sites (tertiary alicyclic amines) is 1. The minimum Gasteiger partial charge on any atom is -0.468 e. The van der Waals surface area contributed by atoms with Crippen LogP contribution in [0.1, 0.15) is 42.9 Å². The molecule has 1 aliphatic heterocycles. The number of nitrogens with zero attached hydrogens (tertiary/aromatic N) is 3. The molecule has 0 amide bonds. The molecule has 1 heterocycles. The van der Waals surface area contributed by atoms with Gasteiger partial charge in [-0.2, -0.15) is 5.26 Å². The highest BCUT2D eigenvalue weighted by Crippen LogP contribution is 2.24.